The molecule has 1 aromatic rings. The Hall–Kier alpha value is -1.42. The van der Waals surface area contributed by atoms with Crippen LogP contribution in [0.1, 0.15) is 13.3 Å². The molecular weight excluding hydrogens is 207 g/mol. The van der Waals surface area contributed by atoms with Gasteiger partial charge in [-0.15, -0.1) is 0 Å². The highest BCUT2D eigenvalue weighted by molar-refractivity contribution is 5.92. The molecule has 3 nitrogen and oxygen atoms in total. The SMILES string of the molecule is CC(CN)CC(=O)N(C)c1cccc(F)c1. The summed E-state index contributed by atoms with van der Waals surface area (Å²) in [7, 11) is 1.64. The van der Waals surface area contributed by atoms with E-state index in [2.05, 4.69) is 0 Å². The smallest absolute Gasteiger partial charge is 0.227 e. The fourth-order valence-electron chi connectivity index (χ4n) is 1.35. The lowest BCUT2D eigenvalue weighted by Crippen LogP contribution is -2.29. The molecule has 0 saturated heterocycles. The zero-order valence-electron chi connectivity index (χ0n) is 9.61. The van der Waals surface area contributed by atoms with Gasteiger partial charge in [0.05, 0.1) is 0 Å². The number of carbonyl (C=O) groups is 1. The average Bonchev–Trinajstić information content (AvgIpc) is 2.27. The van der Waals surface area contributed by atoms with E-state index in [9.17, 15) is 9.18 Å². The van der Waals surface area contributed by atoms with E-state index in [0.717, 1.165) is 0 Å². The van der Waals surface area contributed by atoms with Crippen molar-refractivity contribution in [1.82, 2.24) is 0 Å². The number of amides is 1. The largest absolute Gasteiger partial charge is 0.330 e. The molecule has 0 fully saturated rings. The van der Waals surface area contributed by atoms with Crippen LogP contribution in [0.15, 0.2) is 24.3 Å². The fraction of sp³-hybridized carbons (Fsp3) is 0.417. The summed E-state index contributed by atoms with van der Waals surface area (Å²) in [5.41, 5.74) is 6.02. The van der Waals surface area contributed by atoms with Gasteiger partial charge in [0.1, 0.15) is 5.82 Å². The minimum atomic E-state index is -0.343. The molecule has 0 heterocycles. The Morgan fingerprint density at radius 2 is 2.25 bits per heavy atom. The van der Waals surface area contributed by atoms with Crippen LogP contribution < -0.4 is 10.6 Å². The van der Waals surface area contributed by atoms with Crippen molar-refractivity contribution in [2.45, 2.75) is 13.3 Å². The van der Waals surface area contributed by atoms with Gasteiger partial charge in [0.2, 0.25) is 5.91 Å². The maximum atomic E-state index is 13.0. The number of rotatable bonds is 4. The van der Waals surface area contributed by atoms with Gasteiger partial charge in [-0.2, -0.15) is 0 Å². The Bertz CT molecular complexity index is 368. The Morgan fingerprint density at radius 3 is 2.81 bits per heavy atom. The van der Waals surface area contributed by atoms with E-state index in [4.69, 9.17) is 5.73 Å². The van der Waals surface area contributed by atoms with E-state index in [1.54, 1.807) is 19.2 Å². The molecule has 4 heteroatoms. The molecule has 88 valence electrons. The van der Waals surface area contributed by atoms with Crippen molar-refractivity contribution in [1.29, 1.82) is 0 Å². The van der Waals surface area contributed by atoms with Gasteiger partial charge in [-0.05, 0) is 30.7 Å². The summed E-state index contributed by atoms with van der Waals surface area (Å²) in [6.45, 7) is 2.39. The highest BCUT2D eigenvalue weighted by Crippen LogP contribution is 2.15. The molecule has 1 unspecified atom stereocenters. The molecule has 0 saturated carbocycles. The monoisotopic (exact) mass is 224 g/mol. The highest BCUT2D eigenvalue weighted by atomic mass is 19.1. The first-order chi connectivity index (χ1) is 7.54. The number of anilines is 1. The van der Waals surface area contributed by atoms with E-state index < -0.39 is 0 Å². The van der Waals surface area contributed by atoms with Crippen LogP contribution in [-0.4, -0.2) is 19.5 Å². The third kappa shape index (κ3) is 3.31. The van der Waals surface area contributed by atoms with Crippen LogP contribution in [0.4, 0.5) is 10.1 Å². The van der Waals surface area contributed by atoms with Crippen molar-refractivity contribution in [3.63, 3.8) is 0 Å². The summed E-state index contributed by atoms with van der Waals surface area (Å²) in [4.78, 5) is 13.2. The predicted octanol–water partition coefficient (Wildman–Crippen LogP) is 1.77. The topological polar surface area (TPSA) is 46.3 Å². The maximum absolute atomic E-state index is 13.0. The van der Waals surface area contributed by atoms with Gasteiger partial charge in [-0.25, -0.2) is 4.39 Å². The van der Waals surface area contributed by atoms with Gasteiger partial charge in [-0.3, -0.25) is 4.79 Å². The molecule has 0 spiro atoms. The van der Waals surface area contributed by atoms with Crippen molar-refractivity contribution in [2.24, 2.45) is 11.7 Å². The third-order valence-corrected chi connectivity index (χ3v) is 2.50. The van der Waals surface area contributed by atoms with Crippen LogP contribution in [0.3, 0.4) is 0 Å². The number of nitrogens with two attached hydrogens (primary N) is 1. The van der Waals surface area contributed by atoms with Crippen molar-refractivity contribution in [3.05, 3.63) is 30.1 Å². The second kappa shape index (κ2) is 5.61. The fourth-order valence-corrected chi connectivity index (χ4v) is 1.35. The molecule has 1 amide bonds. The first-order valence-corrected chi connectivity index (χ1v) is 5.26. The Kier molecular flexibility index (Phi) is 4.43. The van der Waals surface area contributed by atoms with Crippen molar-refractivity contribution in [2.75, 3.05) is 18.5 Å². The van der Waals surface area contributed by atoms with Crippen LogP contribution in [0, 0.1) is 11.7 Å². The summed E-state index contributed by atoms with van der Waals surface area (Å²) < 4.78 is 13.0. The molecule has 0 aliphatic heterocycles. The lowest BCUT2D eigenvalue weighted by Gasteiger charge is -2.19. The summed E-state index contributed by atoms with van der Waals surface area (Å²) in [5.74, 6) is -0.254. The van der Waals surface area contributed by atoms with Gasteiger partial charge in [0, 0.05) is 19.2 Å². The molecule has 0 aliphatic rings. The number of hydrogen-bond donors (Lipinski definition) is 1. The van der Waals surface area contributed by atoms with E-state index in [1.165, 1.54) is 17.0 Å². The molecular formula is C12H17FN2O. The van der Waals surface area contributed by atoms with E-state index in [-0.39, 0.29) is 17.6 Å². The normalized spacial score (nSPS) is 12.2. The van der Waals surface area contributed by atoms with Crippen LogP contribution >= 0.6 is 0 Å². The minimum Gasteiger partial charge on any atom is -0.330 e. The Balaban J connectivity index is 2.70. The third-order valence-electron chi connectivity index (χ3n) is 2.50. The van der Waals surface area contributed by atoms with Crippen molar-refractivity contribution >= 4 is 11.6 Å². The molecule has 0 aliphatic carbocycles. The number of halogens is 1. The quantitative estimate of drug-likeness (QED) is 0.847. The first kappa shape index (κ1) is 12.6. The zero-order valence-corrected chi connectivity index (χ0v) is 9.61. The zero-order chi connectivity index (χ0) is 12.1. The van der Waals surface area contributed by atoms with Crippen LogP contribution in [0.25, 0.3) is 0 Å². The lowest BCUT2D eigenvalue weighted by atomic mass is 10.1. The van der Waals surface area contributed by atoms with E-state index in [1.807, 2.05) is 6.92 Å². The molecule has 0 radical (unpaired) electrons. The number of carbonyl (C=O) groups excluding carboxylic acids is 1. The van der Waals surface area contributed by atoms with Gasteiger partial charge in [0.25, 0.3) is 0 Å². The molecule has 1 atom stereocenters. The summed E-state index contributed by atoms with van der Waals surface area (Å²) in [5, 5.41) is 0. The molecule has 16 heavy (non-hydrogen) atoms. The minimum absolute atomic E-state index is 0.0523. The molecule has 2 N–H and O–H groups in total. The van der Waals surface area contributed by atoms with E-state index in [0.29, 0.717) is 18.7 Å². The van der Waals surface area contributed by atoms with Crippen LogP contribution in [0.5, 0.6) is 0 Å². The van der Waals surface area contributed by atoms with Crippen molar-refractivity contribution < 1.29 is 9.18 Å². The second-order valence-corrected chi connectivity index (χ2v) is 3.98. The Labute approximate surface area is 95.0 Å². The molecule has 0 bridgehead atoms. The highest BCUT2D eigenvalue weighted by Gasteiger charge is 2.14. The van der Waals surface area contributed by atoms with Gasteiger partial charge >= 0.3 is 0 Å². The van der Waals surface area contributed by atoms with Gasteiger partial charge < -0.3 is 10.6 Å². The number of hydrogen-bond acceptors (Lipinski definition) is 2. The Morgan fingerprint density at radius 1 is 1.56 bits per heavy atom. The van der Waals surface area contributed by atoms with E-state index >= 15 is 0 Å². The number of nitrogens with zero attached hydrogens (tertiary/aromatic N) is 1. The maximum Gasteiger partial charge on any atom is 0.227 e. The van der Waals surface area contributed by atoms with Gasteiger partial charge in [0.15, 0.2) is 0 Å². The lowest BCUT2D eigenvalue weighted by molar-refractivity contribution is -0.119. The second-order valence-electron chi connectivity index (χ2n) is 3.98. The standard InChI is InChI=1S/C12H17FN2O/c1-9(8-14)6-12(16)15(2)11-5-3-4-10(13)7-11/h3-5,7,9H,6,8,14H2,1-2H3. The van der Waals surface area contributed by atoms with Crippen molar-refractivity contribution in [3.8, 4) is 0 Å². The number of benzene rings is 1. The van der Waals surface area contributed by atoms with Crippen LogP contribution in [-0.2, 0) is 4.79 Å². The predicted molar refractivity (Wildman–Crippen MR) is 62.6 cm³/mol. The van der Waals surface area contributed by atoms with Gasteiger partial charge in [-0.1, -0.05) is 13.0 Å². The summed E-state index contributed by atoms with van der Waals surface area (Å²) in [6, 6.07) is 5.98. The summed E-state index contributed by atoms with van der Waals surface area (Å²) in [6.07, 6.45) is 0.378. The first-order valence-electron chi connectivity index (χ1n) is 5.26. The molecule has 1 rings (SSSR count). The molecule has 0 aromatic heterocycles. The molecule has 1 aromatic carbocycles. The van der Waals surface area contributed by atoms with Crippen LogP contribution in [0.2, 0.25) is 0 Å². The average molecular weight is 224 g/mol. The summed E-state index contributed by atoms with van der Waals surface area (Å²) >= 11 is 0.